The first-order valence-electron chi connectivity index (χ1n) is 7.91. The third-order valence-electron chi connectivity index (χ3n) is 4.49. The predicted molar refractivity (Wildman–Crippen MR) is 96.8 cm³/mol. The minimum Gasteiger partial charge on any atom is -0.0656 e. The highest BCUT2D eigenvalue weighted by Crippen LogP contribution is 2.34. The molecule has 0 amide bonds. The molecule has 0 fully saturated rings. The van der Waals surface area contributed by atoms with Crippen molar-refractivity contribution in [2.45, 2.75) is 39.4 Å². The summed E-state index contributed by atoms with van der Waals surface area (Å²) in [4.78, 5) is 0. The van der Waals surface area contributed by atoms with E-state index in [4.69, 9.17) is 0 Å². The molecule has 1 heteroatoms. The smallest absolute Gasteiger partial charge is 0.0656 e. The zero-order valence-corrected chi connectivity index (χ0v) is 14.5. The van der Waals surface area contributed by atoms with Gasteiger partial charge in [0.15, 0.2) is 0 Å². The number of rotatable bonds is 3. The zero-order chi connectivity index (χ0) is 15.0. The van der Waals surface area contributed by atoms with Crippen molar-refractivity contribution in [2.75, 3.05) is 0 Å². The van der Waals surface area contributed by atoms with E-state index in [9.17, 15) is 0 Å². The van der Waals surface area contributed by atoms with Crippen LogP contribution in [0.25, 0.3) is 17.2 Å². The van der Waals surface area contributed by atoms with Gasteiger partial charge in [-0.1, -0.05) is 85.9 Å². The molecule has 0 heterocycles. The van der Waals surface area contributed by atoms with Crippen molar-refractivity contribution in [3.63, 3.8) is 0 Å². The van der Waals surface area contributed by atoms with Crippen LogP contribution in [-0.4, -0.2) is 8.07 Å². The largest absolute Gasteiger partial charge is 0.0775 e. The molecular formula is C20H24Si. The van der Waals surface area contributed by atoms with Gasteiger partial charge in [-0.25, -0.2) is 0 Å². The van der Waals surface area contributed by atoms with Crippen LogP contribution >= 0.6 is 0 Å². The van der Waals surface area contributed by atoms with E-state index in [1.54, 1.807) is 5.57 Å². The van der Waals surface area contributed by atoms with Gasteiger partial charge in [-0.2, -0.15) is 0 Å². The molecular weight excluding hydrogens is 268 g/mol. The Balaban J connectivity index is 1.99. The Morgan fingerprint density at radius 2 is 1.67 bits per heavy atom. The summed E-state index contributed by atoms with van der Waals surface area (Å²) in [6.45, 7) is 9.46. The Labute approximate surface area is 129 Å². The minimum absolute atomic E-state index is 1.12. The molecule has 0 N–H and O–H groups in total. The van der Waals surface area contributed by atoms with Gasteiger partial charge in [-0.15, -0.1) is 0 Å². The summed E-state index contributed by atoms with van der Waals surface area (Å²) in [5, 5.41) is 1.53. The fraction of sp³-hybridized carbons (Fsp3) is 0.300. The fourth-order valence-electron chi connectivity index (χ4n) is 3.08. The summed E-state index contributed by atoms with van der Waals surface area (Å²) in [6, 6.07) is 16.0. The van der Waals surface area contributed by atoms with E-state index in [0.29, 0.717) is 0 Å². The average molecular weight is 292 g/mol. The maximum Gasteiger partial charge on any atom is 0.0775 e. The Morgan fingerprint density at radius 3 is 2.29 bits per heavy atom. The fourth-order valence-corrected chi connectivity index (χ4v) is 4.25. The first kappa shape index (κ1) is 14.3. The molecule has 108 valence electrons. The van der Waals surface area contributed by atoms with Crippen molar-refractivity contribution >= 4 is 19.3 Å². The van der Waals surface area contributed by atoms with Gasteiger partial charge >= 0.3 is 0 Å². The molecule has 0 bridgehead atoms. The van der Waals surface area contributed by atoms with Crippen LogP contribution in [0.15, 0.2) is 48.0 Å². The van der Waals surface area contributed by atoms with Crippen LogP contribution in [-0.2, 0) is 6.42 Å². The monoisotopic (exact) mass is 292 g/mol. The van der Waals surface area contributed by atoms with Gasteiger partial charge in [0.2, 0.25) is 0 Å². The van der Waals surface area contributed by atoms with Crippen LogP contribution in [0.3, 0.4) is 0 Å². The number of fused-ring (bicyclic) bond motifs is 1. The average Bonchev–Trinajstić information content (AvgIpc) is 2.89. The molecule has 1 aliphatic carbocycles. The maximum atomic E-state index is 2.40. The van der Waals surface area contributed by atoms with Crippen LogP contribution in [0.1, 0.15) is 24.5 Å². The van der Waals surface area contributed by atoms with Gasteiger partial charge in [0.1, 0.15) is 0 Å². The van der Waals surface area contributed by atoms with Crippen molar-refractivity contribution < 1.29 is 0 Å². The Kier molecular flexibility index (Phi) is 3.62. The third kappa shape index (κ3) is 2.75. The van der Waals surface area contributed by atoms with E-state index < -0.39 is 8.07 Å². The van der Waals surface area contributed by atoms with Gasteiger partial charge in [0, 0.05) is 0 Å². The number of hydrogen-bond donors (Lipinski definition) is 0. The molecule has 1 aliphatic rings. The van der Waals surface area contributed by atoms with Crippen LogP contribution < -0.4 is 5.19 Å². The number of allylic oxidation sites excluding steroid dienone is 1. The van der Waals surface area contributed by atoms with Crippen molar-refractivity contribution in [1.29, 1.82) is 0 Å². The molecule has 0 saturated carbocycles. The second kappa shape index (κ2) is 5.30. The van der Waals surface area contributed by atoms with E-state index in [-0.39, 0.29) is 0 Å². The lowest BCUT2D eigenvalue weighted by Gasteiger charge is -2.17. The molecule has 21 heavy (non-hydrogen) atoms. The number of benzene rings is 2. The van der Waals surface area contributed by atoms with Crippen LogP contribution in [0.4, 0.5) is 0 Å². The van der Waals surface area contributed by atoms with E-state index in [0.717, 1.165) is 12.8 Å². The van der Waals surface area contributed by atoms with Gasteiger partial charge in [0.25, 0.3) is 0 Å². The topological polar surface area (TPSA) is 0 Å². The summed E-state index contributed by atoms with van der Waals surface area (Å²) in [5.41, 5.74) is 7.25. The molecule has 0 aromatic heterocycles. The first-order valence-corrected chi connectivity index (χ1v) is 11.4. The lowest BCUT2D eigenvalue weighted by molar-refractivity contribution is 1.04. The molecule has 0 radical (unpaired) electrons. The van der Waals surface area contributed by atoms with Crippen LogP contribution in [0, 0.1) is 0 Å². The molecule has 3 rings (SSSR count). The zero-order valence-electron chi connectivity index (χ0n) is 13.5. The van der Waals surface area contributed by atoms with Gasteiger partial charge < -0.3 is 0 Å². The Bertz CT molecular complexity index is 685. The highest BCUT2D eigenvalue weighted by atomic mass is 28.3. The number of hydrogen-bond acceptors (Lipinski definition) is 0. The van der Waals surface area contributed by atoms with E-state index in [2.05, 4.69) is 75.1 Å². The van der Waals surface area contributed by atoms with E-state index >= 15 is 0 Å². The Morgan fingerprint density at radius 1 is 0.952 bits per heavy atom. The molecule has 0 aliphatic heterocycles. The lowest BCUT2D eigenvalue weighted by atomic mass is 9.96. The molecule has 0 spiro atoms. The molecule has 2 aromatic carbocycles. The molecule has 2 aromatic rings. The van der Waals surface area contributed by atoms with Crippen LogP contribution in [0.2, 0.25) is 19.6 Å². The molecule has 0 nitrogen and oxygen atoms in total. The van der Waals surface area contributed by atoms with Gasteiger partial charge in [-0.05, 0) is 35.1 Å². The minimum atomic E-state index is -1.20. The second-order valence-electron chi connectivity index (χ2n) is 7.03. The standard InChI is InChI=1S/C20H24Si/c1-5-15-13-17-7-6-8-19(20(17)14-15)16-9-11-18(12-10-16)21(2,3)4/h6-13H,5,14H2,1-4H3. The van der Waals surface area contributed by atoms with E-state index in [1.165, 1.54) is 27.4 Å². The van der Waals surface area contributed by atoms with E-state index in [1.807, 2.05) is 0 Å². The SMILES string of the molecule is CCC1=Cc2cccc(-c3ccc([Si](C)(C)C)cc3)c2C1. The normalized spacial score (nSPS) is 14.0. The van der Waals surface area contributed by atoms with Gasteiger partial charge in [0.05, 0.1) is 8.07 Å². The van der Waals surface area contributed by atoms with Crippen molar-refractivity contribution in [3.05, 3.63) is 59.2 Å². The highest BCUT2D eigenvalue weighted by Gasteiger charge is 2.18. The Hall–Kier alpha value is -1.60. The maximum absolute atomic E-state index is 2.40. The summed E-state index contributed by atoms with van der Waals surface area (Å²) in [5.74, 6) is 0. The molecule has 0 unspecified atom stereocenters. The second-order valence-corrected chi connectivity index (χ2v) is 12.1. The molecule has 0 atom stereocenters. The quantitative estimate of drug-likeness (QED) is 0.678. The first-order chi connectivity index (χ1) is 9.99. The summed E-state index contributed by atoms with van der Waals surface area (Å²) in [7, 11) is -1.20. The lowest BCUT2D eigenvalue weighted by Crippen LogP contribution is -2.37. The summed E-state index contributed by atoms with van der Waals surface area (Å²) in [6.07, 6.45) is 4.65. The van der Waals surface area contributed by atoms with Crippen molar-refractivity contribution in [2.24, 2.45) is 0 Å². The summed E-state index contributed by atoms with van der Waals surface area (Å²) >= 11 is 0. The summed E-state index contributed by atoms with van der Waals surface area (Å²) < 4.78 is 0. The predicted octanol–water partition coefficient (Wildman–Crippen LogP) is 5.25. The van der Waals surface area contributed by atoms with Gasteiger partial charge in [-0.3, -0.25) is 0 Å². The highest BCUT2D eigenvalue weighted by molar-refractivity contribution is 6.88. The van der Waals surface area contributed by atoms with Crippen molar-refractivity contribution in [1.82, 2.24) is 0 Å². The third-order valence-corrected chi connectivity index (χ3v) is 6.56. The molecule has 0 saturated heterocycles. The van der Waals surface area contributed by atoms with Crippen molar-refractivity contribution in [3.8, 4) is 11.1 Å². The van der Waals surface area contributed by atoms with Crippen LogP contribution in [0.5, 0.6) is 0 Å².